The van der Waals surface area contributed by atoms with Gasteiger partial charge in [-0.05, 0) is 26.5 Å². The predicted octanol–water partition coefficient (Wildman–Crippen LogP) is 3.61. The van der Waals surface area contributed by atoms with Crippen LogP contribution in [0.25, 0.3) is 0 Å². The van der Waals surface area contributed by atoms with Gasteiger partial charge in [0.05, 0.1) is 5.92 Å². The maximum atomic E-state index is 12.4. The van der Waals surface area contributed by atoms with Crippen molar-refractivity contribution < 1.29 is 13.2 Å². The van der Waals surface area contributed by atoms with Gasteiger partial charge in [0, 0.05) is 6.54 Å². The molecule has 0 aliphatic carbocycles. The molecule has 0 spiro atoms. The van der Waals surface area contributed by atoms with Gasteiger partial charge < -0.3 is 4.99 Å². The van der Waals surface area contributed by atoms with E-state index in [1.165, 1.54) is 6.92 Å². The Kier molecular flexibility index (Phi) is 5.50. The second-order valence-corrected chi connectivity index (χ2v) is 3.38. The number of unbranched alkanes of at least 4 members (excludes halogenated alkanes) is 1. The lowest BCUT2D eigenvalue weighted by Crippen LogP contribution is -2.23. The predicted molar refractivity (Wildman–Crippen MR) is 52.6 cm³/mol. The van der Waals surface area contributed by atoms with E-state index >= 15 is 0 Å². The molecule has 0 aromatic rings. The monoisotopic (exact) mass is 207 g/mol. The van der Waals surface area contributed by atoms with E-state index in [0.717, 1.165) is 0 Å². The van der Waals surface area contributed by atoms with Crippen LogP contribution in [-0.2, 0) is 0 Å². The Morgan fingerprint density at radius 3 is 2.29 bits per heavy atom. The lowest BCUT2D eigenvalue weighted by atomic mass is 9.95. The zero-order chi connectivity index (χ0) is 11.2. The highest BCUT2D eigenvalue weighted by molar-refractivity contribution is 5.22. The van der Waals surface area contributed by atoms with E-state index in [9.17, 15) is 13.2 Å². The first-order valence-electron chi connectivity index (χ1n) is 4.54. The summed E-state index contributed by atoms with van der Waals surface area (Å²) in [6.07, 6.45) is -2.89. The van der Waals surface area contributed by atoms with Crippen LogP contribution in [0.4, 0.5) is 13.2 Å². The first kappa shape index (κ1) is 13.2. The maximum Gasteiger partial charge on any atom is 0.395 e. The van der Waals surface area contributed by atoms with Gasteiger partial charge in [0.25, 0.3) is 0 Å². The quantitative estimate of drug-likeness (QED) is 0.358. The molecule has 4 heteroatoms. The van der Waals surface area contributed by atoms with Gasteiger partial charge in [-0.25, -0.2) is 0 Å². The molecule has 0 amide bonds. The molecule has 0 saturated heterocycles. The van der Waals surface area contributed by atoms with Gasteiger partial charge in [-0.2, -0.15) is 13.2 Å². The SMILES string of the molecule is C=NCCCCC(C(=C)C)C(F)(F)F. The average Bonchev–Trinajstić information content (AvgIpc) is 2.01. The summed E-state index contributed by atoms with van der Waals surface area (Å²) in [6, 6.07) is 0. The largest absolute Gasteiger partial charge is 0.395 e. The van der Waals surface area contributed by atoms with Crippen LogP contribution in [0.1, 0.15) is 26.2 Å². The number of halogens is 3. The third-order valence-electron chi connectivity index (χ3n) is 2.05. The van der Waals surface area contributed by atoms with E-state index in [1.807, 2.05) is 0 Å². The molecule has 1 unspecified atom stereocenters. The van der Waals surface area contributed by atoms with E-state index in [0.29, 0.717) is 19.4 Å². The minimum absolute atomic E-state index is 0.106. The minimum atomic E-state index is -4.16. The lowest BCUT2D eigenvalue weighted by molar-refractivity contribution is -0.165. The van der Waals surface area contributed by atoms with Crippen LogP contribution in [0.2, 0.25) is 0 Å². The van der Waals surface area contributed by atoms with Gasteiger partial charge in [-0.1, -0.05) is 18.6 Å². The second kappa shape index (κ2) is 5.83. The molecule has 1 nitrogen and oxygen atoms in total. The first-order chi connectivity index (χ1) is 6.39. The molecular formula is C10H16F3N. The molecule has 0 bridgehead atoms. The molecule has 1 atom stereocenters. The zero-order valence-corrected chi connectivity index (χ0v) is 8.40. The molecule has 0 radical (unpaired) electrons. The van der Waals surface area contributed by atoms with Gasteiger partial charge in [-0.15, -0.1) is 0 Å². The summed E-state index contributed by atoms with van der Waals surface area (Å²) in [4.78, 5) is 3.59. The summed E-state index contributed by atoms with van der Waals surface area (Å²) in [5.41, 5.74) is 0.184. The van der Waals surface area contributed by atoms with Crippen molar-refractivity contribution in [1.29, 1.82) is 0 Å². The van der Waals surface area contributed by atoms with Crippen molar-refractivity contribution in [3.63, 3.8) is 0 Å². The number of hydrogen-bond donors (Lipinski definition) is 0. The maximum absolute atomic E-state index is 12.4. The van der Waals surface area contributed by atoms with Crippen molar-refractivity contribution >= 4 is 6.72 Å². The van der Waals surface area contributed by atoms with Crippen LogP contribution in [0.5, 0.6) is 0 Å². The van der Waals surface area contributed by atoms with Gasteiger partial charge in [-0.3, -0.25) is 0 Å². The average molecular weight is 207 g/mol. The van der Waals surface area contributed by atoms with Crippen LogP contribution in [-0.4, -0.2) is 19.4 Å². The molecule has 14 heavy (non-hydrogen) atoms. The van der Waals surface area contributed by atoms with Gasteiger partial charge >= 0.3 is 6.18 Å². The van der Waals surface area contributed by atoms with Crippen molar-refractivity contribution in [3.8, 4) is 0 Å². The smallest absolute Gasteiger partial charge is 0.301 e. The molecule has 0 aromatic heterocycles. The lowest BCUT2D eigenvalue weighted by Gasteiger charge is -2.20. The van der Waals surface area contributed by atoms with E-state index in [-0.39, 0.29) is 12.0 Å². The van der Waals surface area contributed by atoms with Crippen molar-refractivity contribution in [3.05, 3.63) is 12.2 Å². The standard InChI is InChI=1S/C10H16F3N/c1-8(2)9(10(11,12)13)6-4-5-7-14-3/h9H,1,3-7H2,2H3. The molecule has 0 fully saturated rings. The summed E-state index contributed by atoms with van der Waals surface area (Å²) in [5.74, 6) is -1.37. The molecular weight excluding hydrogens is 191 g/mol. The van der Waals surface area contributed by atoms with E-state index in [1.54, 1.807) is 0 Å². The summed E-state index contributed by atoms with van der Waals surface area (Å²) in [7, 11) is 0. The molecule has 0 aliphatic heterocycles. The Bertz CT molecular complexity index is 196. The Hall–Kier alpha value is -0.800. The Morgan fingerprint density at radius 1 is 1.36 bits per heavy atom. The Balaban J connectivity index is 3.99. The summed E-state index contributed by atoms with van der Waals surface area (Å²) in [5, 5.41) is 0. The summed E-state index contributed by atoms with van der Waals surface area (Å²) < 4.78 is 37.2. The fraction of sp³-hybridized carbons (Fsp3) is 0.700. The summed E-state index contributed by atoms with van der Waals surface area (Å²) >= 11 is 0. The molecule has 0 aromatic carbocycles. The number of alkyl halides is 3. The van der Waals surface area contributed by atoms with Gasteiger partial charge in [0.15, 0.2) is 0 Å². The molecule has 82 valence electrons. The van der Waals surface area contributed by atoms with Gasteiger partial charge in [0.1, 0.15) is 0 Å². The topological polar surface area (TPSA) is 12.4 Å². The third-order valence-corrected chi connectivity index (χ3v) is 2.05. The molecule has 0 N–H and O–H groups in total. The number of nitrogens with zero attached hydrogens (tertiary/aromatic N) is 1. The number of aliphatic imine (C=N–C) groups is 1. The number of allylic oxidation sites excluding steroid dienone is 1. The first-order valence-corrected chi connectivity index (χ1v) is 4.54. The normalized spacial score (nSPS) is 13.7. The Morgan fingerprint density at radius 2 is 1.93 bits per heavy atom. The summed E-state index contributed by atoms with van der Waals surface area (Å²) in [6.45, 7) is 8.59. The highest BCUT2D eigenvalue weighted by Gasteiger charge is 2.39. The van der Waals surface area contributed by atoms with Crippen LogP contribution in [0, 0.1) is 5.92 Å². The van der Waals surface area contributed by atoms with Crippen molar-refractivity contribution in [2.75, 3.05) is 6.54 Å². The fourth-order valence-electron chi connectivity index (χ4n) is 1.26. The molecule has 0 aliphatic rings. The highest BCUT2D eigenvalue weighted by Crippen LogP contribution is 2.34. The zero-order valence-electron chi connectivity index (χ0n) is 8.40. The third kappa shape index (κ3) is 5.04. The number of rotatable bonds is 6. The van der Waals surface area contributed by atoms with Crippen LogP contribution in [0.3, 0.4) is 0 Å². The van der Waals surface area contributed by atoms with Gasteiger partial charge in [0.2, 0.25) is 0 Å². The molecule has 0 rings (SSSR count). The van der Waals surface area contributed by atoms with Crippen LogP contribution in [0.15, 0.2) is 17.1 Å². The van der Waals surface area contributed by atoms with Crippen molar-refractivity contribution in [1.82, 2.24) is 0 Å². The van der Waals surface area contributed by atoms with Crippen LogP contribution >= 0.6 is 0 Å². The highest BCUT2D eigenvalue weighted by atomic mass is 19.4. The Labute approximate surface area is 82.7 Å². The fourth-order valence-corrected chi connectivity index (χ4v) is 1.26. The minimum Gasteiger partial charge on any atom is -0.301 e. The molecule has 0 saturated carbocycles. The van der Waals surface area contributed by atoms with E-state index < -0.39 is 12.1 Å². The van der Waals surface area contributed by atoms with Crippen molar-refractivity contribution in [2.24, 2.45) is 10.9 Å². The second-order valence-electron chi connectivity index (χ2n) is 3.38. The van der Waals surface area contributed by atoms with Crippen LogP contribution < -0.4 is 0 Å². The molecule has 0 heterocycles. The van der Waals surface area contributed by atoms with E-state index in [2.05, 4.69) is 18.3 Å². The number of hydrogen-bond acceptors (Lipinski definition) is 1. The van der Waals surface area contributed by atoms with E-state index in [4.69, 9.17) is 0 Å². The van der Waals surface area contributed by atoms with Crippen molar-refractivity contribution in [2.45, 2.75) is 32.4 Å².